The first kappa shape index (κ1) is 17.9. The van der Waals surface area contributed by atoms with Gasteiger partial charge in [0.25, 0.3) is 5.56 Å². The summed E-state index contributed by atoms with van der Waals surface area (Å²) in [7, 11) is 1.37. The van der Waals surface area contributed by atoms with Gasteiger partial charge in [-0.05, 0) is 25.5 Å². The van der Waals surface area contributed by atoms with Crippen LogP contribution in [0.3, 0.4) is 0 Å². The van der Waals surface area contributed by atoms with Gasteiger partial charge in [0.15, 0.2) is 0 Å². The van der Waals surface area contributed by atoms with Crippen molar-refractivity contribution in [2.45, 2.75) is 13.8 Å². The zero-order valence-corrected chi connectivity index (χ0v) is 13.6. The lowest BCUT2D eigenvalue weighted by Crippen LogP contribution is -2.24. The highest BCUT2D eigenvalue weighted by Gasteiger charge is 2.30. The number of hydrogen-bond donors (Lipinski definition) is 5. The Bertz CT molecular complexity index is 960. The van der Waals surface area contributed by atoms with Gasteiger partial charge in [0, 0.05) is 16.7 Å². The van der Waals surface area contributed by atoms with E-state index in [-0.39, 0.29) is 11.1 Å². The average molecular weight is 348 g/mol. The Kier molecular flexibility index (Phi) is 4.42. The number of phenols is 1. The molecule has 9 nitrogen and oxygen atoms in total. The number of nitrogen functional groups attached to an aromatic ring is 1. The van der Waals surface area contributed by atoms with E-state index in [1.54, 1.807) is 6.92 Å². The summed E-state index contributed by atoms with van der Waals surface area (Å²) in [4.78, 5) is 37.3. The van der Waals surface area contributed by atoms with Crippen LogP contribution in [0.5, 0.6) is 11.5 Å². The molecule has 6 N–H and O–H groups in total. The number of aromatic nitrogens is 1. The van der Waals surface area contributed by atoms with Crippen LogP contribution in [0, 0.1) is 13.8 Å². The number of benzene rings is 1. The van der Waals surface area contributed by atoms with Gasteiger partial charge in [-0.2, -0.15) is 0 Å². The van der Waals surface area contributed by atoms with E-state index < -0.39 is 45.8 Å². The van der Waals surface area contributed by atoms with Gasteiger partial charge in [0.2, 0.25) is 0 Å². The molecule has 0 saturated heterocycles. The summed E-state index contributed by atoms with van der Waals surface area (Å²) in [6.45, 7) is 3.16. The molecule has 1 aromatic heterocycles. The van der Waals surface area contributed by atoms with Gasteiger partial charge in [0.05, 0.1) is 7.11 Å². The maximum Gasteiger partial charge on any atom is 0.342 e. The number of methoxy groups -OCH3 is 1. The molecule has 0 atom stereocenters. The summed E-state index contributed by atoms with van der Waals surface area (Å²) in [5.41, 5.74) is 3.25. The van der Waals surface area contributed by atoms with Crippen molar-refractivity contribution in [1.29, 1.82) is 0 Å². The van der Waals surface area contributed by atoms with Crippen LogP contribution in [0.2, 0.25) is 0 Å². The average Bonchev–Trinajstić information content (AvgIpc) is 2.45. The number of nitrogens with one attached hydrogen (secondary N) is 1. The first-order valence-corrected chi connectivity index (χ1v) is 7.01. The molecular weight excluding hydrogens is 332 g/mol. The lowest BCUT2D eigenvalue weighted by atomic mass is 9.90. The van der Waals surface area contributed by atoms with Crippen molar-refractivity contribution in [3.05, 3.63) is 38.7 Å². The van der Waals surface area contributed by atoms with E-state index in [0.29, 0.717) is 11.3 Å². The van der Waals surface area contributed by atoms with E-state index in [0.717, 1.165) is 0 Å². The van der Waals surface area contributed by atoms with Gasteiger partial charge in [-0.25, -0.2) is 9.59 Å². The van der Waals surface area contributed by atoms with Gasteiger partial charge in [0.1, 0.15) is 28.4 Å². The molecule has 0 fully saturated rings. The molecule has 9 heteroatoms. The molecule has 1 heterocycles. The lowest BCUT2D eigenvalue weighted by molar-refractivity contribution is 0.0695. The van der Waals surface area contributed by atoms with Crippen molar-refractivity contribution in [2.24, 2.45) is 0 Å². The number of ether oxygens (including phenoxy) is 1. The van der Waals surface area contributed by atoms with Crippen molar-refractivity contribution in [1.82, 2.24) is 4.98 Å². The van der Waals surface area contributed by atoms with Crippen molar-refractivity contribution >= 4 is 17.8 Å². The molecule has 0 bridgehead atoms. The minimum absolute atomic E-state index is 0.143. The highest BCUT2D eigenvalue weighted by molar-refractivity contribution is 6.08. The summed E-state index contributed by atoms with van der Waals surface area (Å²) >= 11 is 0. The van der Waals surface area contributed by atoms with Crippen LogP contribution in [0.1, 0.15) is 31.8 Å². The molecule has 2 aromatic rings. The third kappa shape index (κ3) is 2.75. The first-order chi connectivity index (χ1) is 11.6. The highest BCUT2D eigenvalue weighted by Crippen LogP contribution is 2.42. The molecule has 0 aliphatic heterocycles. The van der Waals surface area contributed by atoms with E-state index in [9.17, 15) is 29.7 Å². The zero-order valence-electron chi connectivity index (χ0n) is 13.6. The fourth-order valence-corrected chi connectivity index (χ4v) is 2.87. The fourth-order valence-electron chi connectivity index (χ4n) is 2.87. The predicted molar refractivity (Wildman–Crippen MR) is 88.5 cm³/mol. The van der Waals surface area contributed by atoms with Gasteiger partial charge in [-0.1, -0.05) is 0 Å². The van der Waals surface area contributed by atoms with E-state index in [1.807, 2.05) is 4.98 Å². The van der Waals surface area contributed by atoms with E-state index >= 15 is 0 Å². The van der Waals surface area contributed by atoms with E-state index in [1.165, 1.54) is 20.1 Å². The van der Waals surface area contributed by atoms with Crippen molar-refractivity contribution in [2.75, 3.05) is 12.8 Å². The molecular formula is C16H16N2O7. The topological polar surface area (TPSA) is 163 Å². The SMILES string of the molecule is COc1c(C)cc(O)c(-c2c(C(=O)O)c(N)[nH]c(=O)c2C(=O)O)c1C. The molecule has 0 aliphatic rings. The van der Waals surface area contributed by atoms with Crippen LogP contribution < -0.4 is 16.0 Å². The number of carboxylic acid groups (broad SMARTS) is 2. The second-order valence-corrected chi connectivity index (χ2v) is 5.35. The number of aromatic hydroxyl groups is 1. The number of phenolic OH excluding ortho intramolecular Hbond substituents is 1. The Balaban J connectivity index is 3.15. The molecule has 0 saturated carbocycles. The molecule has 2 rings (SSSR count). The number of aromatic amines is 1. The summed E-state index contributed by atoms with van der Waals surface area (Å²) in [5.74, 6) is -3.80. The minimum Gasteiger partial charge on any atom is -0.507 e. The van der Waals surface area contributed by atoms with Gasteiger partial charge >= 0.3 is 11.9 Å². The van der Waals surface area contributed by atoms with E-state index in [2.05, 4.69) is 0 Å². The van der Waals surface area contributed by atoms with Crippen LogP contribution in [0.15, 0.2) is 10.9 Å². The number of carbonyl (C=O) groups is 2. The minimum atomic E-state index is -1.66. The molecule has 0 radical (unpaired) electrons. The largest absolute Gasteiger partial charge is 0.507 e. The Morgan fingerprint density at radius 2 is 1.68 bits per heavy atom. The van der Waals surface area contributed by atoms with Crippen molar-refractivity contribution in [3.8, 4) is 22.6 Å². The normalized spacial score (nSPS) is 10.5. The number of H-pyrrole nitrogens is 1. The quantitative estimate of drug-likeness (QED) is 0.552. The maximum atomic E-state index is 12.1. The van der Waals surface area contributed by atoms with Crippen LogP contribution in [-0.2, 0) is 0 Å². The Labute approximate surface area is 141 Å². The Morgan fingerprint density at radius 3 is 2.16 bits per heavy atom. The zero-order chi connectivity index (χ0) is 19.0. The van der Waals surface area contributed by atoms with Crippen LogP contribution in [0.4, 0.5) is 5.82 Å². The number of anilines is 1. The van der Waals surface area contributed by atoms with Gasteiger partial charge in [-0.3, -0.25) is 4.79 Å². The molecule has 0 unspecified atom stereocenters. The van der Waals surface area contributed by atoms with Crippen LogP contribution >= 0.6 is 0 Å². The Morgan fingerprint density at radius 1 is 1.12 bits per heavy atom. The second kappa shape index (κ2) is 6.19. The monoisotopic (exact) mass is 348 g/mol. The Hall–Kier alpha value is -3.49. The number of hydrogen-bond acceptors (Lipinski definition) is 6. The van der Waals surface area contributed by atoms with E-state index in [4.69, 9.17) is 10.5 Å². The van der Waals surface area contributed by atoms with Crippen LogP contribution in [-0.4, -0.2) is 39.4 Å². The predicted octanol–water partition coefficient (Wildman–Crippen LogP) is 1.35. The third-order valence-corrected chi connectivity index (χ3v) is 3.81. The number of pyridine rings is 1. The number of carboxylic acids is 2. The fraction of sp³-hybridized carbons (Fsp3) is 0.188. The number of aromatic carboxylic acids is 2. The molecule has 25 heavy (non-hydrogen) atoms. The van der Waals surface area contributed by atoms with Gasteiger partial charge in [-0.15, -0.1) is 0 Å². The number of aryl methyl sites for hydroxylation is 1. The van der Waals surface area contributed by atoms with Crippen molar-refractivity contribution in [3.63, 3.8) is 0 Å². The molecule has 0 amide bonds. The first-order valence-electron chi connectivity index (χ1n) is 7.01. The highest BCUT2D eigenvalue weighted by atomic mass is 16.5. The van der Waals surface area contributed by atoms with Gasteiger partial charge < -0.3 is 30.8 Å². The maximum absolute atomic E-state index is 12.1. The summed E-state index contributed by atoms with van der Waals surface area (Å²) in [6, 6.07) is 1.29. The third-order valence-electron chi connectivity index (χ3n) is 3.81. The lowest BCUT2D eigenvalue weighted by Gasteiger charge is -2.18. The van der Waals surface area contributed by atoms with Crippen LogP contribution in [0.25, 0.3) is 11.1 Å². The number of rotatable bonds is 4. The van der Waals surface area contributed by atoms with Crippen molar-refractivity contribution < 1.29 is 29.6 Å². The molecule has 0 aliphatic carbocycles. The molecule has 132 valence electrons. The standard InChI is InChI=1S/C16H16N2O7/c1-5-4-7(19)8(6(2)12(5)25-3)9-10(15(21)22)13(17)18-14(20)11(9)16(23)24/h4,19H,1-3H3,(H,21,22)(H,23,24)(H3,17,18,20). The smallest absolute Gasteiger partial charge is 0.342 e. The molecule has 0 spiro atoms. The number of nitrogens with two attached hydrogens (primary N) is 1. The molecule has 1 aromatic carbocycles. The summed E-state index contributed by atoms with van der Waals surface area (Å²) in [6.07, 6.45) is 0. The summed E-state index contributed by atoms with van der Waals surface area (Å²) < 4.78 is 5.23. The second-order valence-electron chi connectivity index (χ2n) is 5.35. The summed E-state index contributed by atoms with van der Waals surface area (Å²) in [5, 5.41) is 29.2.